The fraction of sp³-hybridized carbons (Fsp3) is 0.286. The van der Waals surface area contributed by atoms with Crippen LogP contribution in [0.25, 0.3) is 11.1 Å². The van der Waals surface area contributed by atoms with Gasteiger partial charge in [0.2, 0.25) is 0 Å². The number of phenols is 1. The standard InChI is InChI=1S/C28H25F2N3O5/c29-22-5-1-17(2-6-22)18-3-7-23(24(30)13-18)28(36)31-11-9-20-15-32(16-21(20)10-12-31)27(35)19-4-8-26(34)25(14-19)33(37)38/h1-8,13-14,20-21,34H,9-12,15-16H2/t20-,21+. The van der Waals surface area contributed by atoms with Crippen LogP contribution in [0.4, 0.5) is 14.5 Å². The number of likely N-dealkylation sites (tertiary alicyclic amines) is 2. The highest BCUT2D eigenvalue weighted by atomic mass is 19.1. The molecule has 0 radical (unpaired) electrons. The largest absolute Gasteiger partial charge is 0.502 e. The second kappa shape index (κ2) is 10.2. The Kier molecular flexibility index (Phi) is 6.79. The number of nitro groups is 1. The van der Waals surface area contributed by atoms with Gasteiger partial charge in [-0.2, -0.15) is 0 Å². The van der Waals surface area contributed by atoms with Crippen molar-refractivity contribution < 1.29 is 28.4 Å². The number of phenolic OH excluding ortho intramolecular Hbond substituents is 1. The Hall–Kier alpha value is -4.34. The number of hydrogen-bond acceptors (Lipinski definition) is 5. The van der Waals surface area contributed by atoms with Gasteiger partial charge in [-0.1, -0.05) is 18.2 Å². The highest BCUT2D eigenvalue weighted by Crippen LogP contribution is 2.34. The van der Waals surface area contributed by atoms with Gasteiger partial charge in [0.25, 0.3) is 11.8 Å². The molecule has 38 heavy (non-hydrogen) atoms. The predicted molar refractivity (Wildman–Crippen MR) is 135 cm³/mol. The van der Waals surface area contributed by atoms with Crippen LogP contribution in [0.2, 0.25) is 0 Å². The summed E-state index contributed by atoms with van der Waals surface area (Å²) >= 11 is 0. The van der Waals surface area contributed by atoms with Crippen molar-refractivity contribution in [2.24, 2.45) is 11.8 Å². The third kappa shape index (κ3) is 4.93. The molecule has 3 aromatic carbocycles. The van der Waals surface area contributed by atoms with Gasteiger partial charge in [0.15, 0.2) is 5.75 Å². The molecule has 1 N–H and O–H groups in total. The maximum atomic E-state index is 14.9. The summed E-state index contributed by atoms with van der Waals surface area (Å²) in [5, 5.41) is 20.8. The van der Waals surface area contributed by atoms with E-state index in [-0.39, 0.29) is 34.7 Å². The number of hydrogen-bond donors (Lipinski definition) is 1. The number of fused-ring (bicyclic) bond motifs is 1. The molecule has 2 aliphatic heterocycles. The molecular weight excluding hydrogens is 496 g/mol. The molecule has 0 aliphatic carbocycles. The minimum Gasteiger partial charge on any atom is -0.502 e. The Morgan fingerprint density at radius 2 is 1.47 bits per heavy atom. The lowest BCUT2D eigenvalue weighted by atomic mass is 9.92. The molecule has 3 aromatic rings. The average molecular weight is 522 g/mol. The Labute approximate surface area is 217 Å². The van der Waals surface area contributed by atoms with E-state index in [2.05, 4.69) is 0 Å². The van der Waals surface area contributed by atoms with E-state index >= 15 is 0 Å². The molecule has 0 saturated carbocycles. The fourth-order valence-corrected chi connectivity index (χ4v) is 5.38. The van der Waals surface area contributed by atoms with E-state index in [1.165, 1.54) is 30.3 Å². The van der Waals surface area contributed by atoms with E-state index in [0.717, 1.165) is 12.1 Å². The first-order valence-corrected chi connectivity index (χ1v) is 12.3. The first kappa shape index (κ1) is 25.3. The normalized spacial score (nSPS) is 19.1. The molecule has 2 fully saturated rings. The van der Waals surface area contributed by atoms with Gasteiger partial charge in [0.05, 0.1) is 10.5 Å². The van der Waals surface area contributed by atoms with Gasteiger partial charge >= 0.3 is 5.69 Å². The number of rotatable bonds is 4. The molecule has 0 unspecified atom stereocenters. The van der Waals surface area contributed by atoms with Gasteiger partial charge in [-0.05, 0) is 72.2 Å². The van der Waals surface area contributed by atoms with Crippen molar-refractivity contribution >= 4 is 17.5 Å². The fourth-order valence-electron chi connectivity index (χ4n) is 5.38. The number of aromatic hydroxyl groups is 1. The number of carbonyl (C=O) groups excluding carboxylic acids is 2. The van der Waals surface area contributed by atoms with Gasteiger partial charge in [-0.15, -0.1) is 0 Å². The molecule has 10 heteroatoms. The van der Waals surface area contributed by atoms with Crippen LogP contribution < -0.4 is 0 Å². The molecule has 196 valence electrons. The maximum absolute atomic E-state index is 14.9. The number of benzene rings is 3. The second-order valence-electron chi connectivity index (χ2n) is 9.76. The molecule has 8 nitrogen and oxygen atoms in total. The van der Waals surface area contributed by atoms with Gasteiger partial charge in [-0.3, -0.25) is 19.7 Å². The van der Waals surface area contributed by atoms with E-state index < -0.39 is 28.1 Å². The van der Waals surface area contributed by atoms with Gasteiger partial charge in [0.1, 0.15) is 11.6 Å². The molecule has 0 bridgehead atoms. The molecule has 2 aliphatic rings. The lowest BCUT2D eigenvalue weighted by Crippen LogP contribution is -2.34. The van der Waals surface area contributed by atoms with Crippen molar-refractivity contribution in [1.82, 2.24) is 9.80 Å². The third-order valence-corrected chi connectivity index (χ3v) is 7.49. The van der Waals surface area contributed by atoms with Crippen LogP contribution in [-0.2, 0) is 0 Å². The molecule has 2 saturated heterocycles. The zero-order valence-electron chi connectivity index (χ0n) is 20.3. The summed E-state index contributed by atoms with van der Waals surface area (Å²) in [7, 11) is 0. The zero-order chi connectivity index (χ0) is 27.0. The third-order valence-electron chi connectivity index (χ3n) is 7.49. The minimum atomic E-state index is -0.731. The summed E-state index contributed by atoms with van der Waals surface area (Å²) in [5.74, 6) is -1.95. The van der Waals surface area contributed by atoms with Crippen molar-refractivity contribution in [3.8, 4) is 16.9 Å². The van der Waals surface area contributed by atoms with E-state index in [1.807, 2.05) is 0 Å². The van der Waals surface area contributed by atoms with Crippen molar-refractivity contribution in [2.45, 2.75) is 12.8 Å². The number of nitrogens with zero attached hydrogens (tertiary/aromatic N) is 3. The van der Waals surface area contributed by atoms with E-state index in [1.54, 1.807) is 28.0 Å². The summed E-state index contributed by atoms with van der Waals surface area (Å²) in [6.45, 7) is 1.76. The maximum Gasteiger partial charge on any atom is 0.311 e. The number of nitro benzene ring substituents is 1. The first-order valence-electron chi connectivity index (χ1n) is 12.3. The Balaban J connectivity index is 1.23. The van der Waals surface area contributed by atoms with E-state index in [9.17, 15) is 33.6 Å². The monoisotopic (exact) mass is 521 g/mol. The van der Waals surface area contributed by atoms with Gasteiger partial charge in [0, 0.05) is 37.8 Å². The Morgan fingerprint density at radius 3 is 2.08 bits per heavy atom. The van der Waals surface area contributed by atoms with Crippen molar-refractivity contribution in [2.75, 3.05) is 26.2 Å². The summed E-state index contributed by atoms with van der Waals surface area (Å²) in [5.41, 5.74) is 0.799. The Bertz CT molecular complexity index is 1400. The average Bonchev–Trinajstić information content (AvgIpc) is 3.21. The van der Waals surface area contributed by atoms with Crippen molar-refractivity contribution in [1.29, 1.82) is 0 Å². The highest BCUT2D eigenvalue weighted by molar-refractivity contribution is 5.96. The van der Waals surface area contributed by atoms with Crippen LogP contribution in [0.15, 0.2) is 60.7 Å². The summed E-state index contributed by atoms with van der Waals surface area (Å²) in [6.07, 6.45) is 1.29. The first-order chi connectivity index (χ1) is 18.2. The molecule has 5 rings (SSSR count). The minimum absolute atomic E-state index is 0.0198. The smallest absolute Gasteiger partial charge is 0.311 e. The number of amides is 2. The summed E-state index contributed by atoms with van der Waals surface area (Å²) in [6, 6.07) is 13.7. The van der Waals surface area contributed by atoms with Crippen molar-refractivity contribution in [3.05, 3.63) is 93.5 Å². The van der Waals surface area contributed by atoms with Crippen LogP contribution >= 0.6 is 0 Å². The van der Waals surface area contributed by atoms with Crippen molar-refractivity contribution in [3.63, 3.8) is 0 Å². The van der Waals surface area contributed by atoms with E-state index in [4.69, 9.17) is 0 Å². The lowest BCUT2D eigenvalue weighted by molar-refractivity contribution is -0.385. The second-order valence-corrected chi connectivity index (χ2v) is 9.76. The highest BCUT2D eigenvalue weighted by Gasteiger charge is 2.38. The van der Waals surface area contributed by atoms with E-state index in [0.29, 0.717) is 50.1 Å². The Morgan fingerprint density at radius 1 is 0.842 bits per heavy atom. The molecule has 2 amide bonds. The zero-order valence-corrected chi connectivity index (χ0v) is 20.3. The summed E-state index contributed by atoms with van der Waals surface area (Å²) < 4.78 is 28.1. The van der Waals surface area contributed by atoms with Crippen LogP contribution in [0.5, 0.6) is 5.75 Å². The van der Waals surface area contributed by atoms with Crippen LogP contribution in [0.3, 0.4) is 0 Å². The quantitative estimate of drug-likeness (QED) is 0.390. The molecule has 2 atom stereocenters. The molecular formula is C28H25F2N3O5. The lowest BCUT2D eigenvalue weighted by Gasteiger charge is -2.23. The number of carbonyl (C=O) groups is 2. The molecule has 0 aromatic heterocycles. The van der Waals surface area contributed by atoms with Crippen LogP contribution in [0, 0.1) is 33.6 Å². The number of halogens is 2. The van der Waals surface area contributed by atoms with Gasteiger partial charge < -0.3 is 14.9 Å². The summed E-state index contributed by atoms with van der Waals surface area (Å²) in [4.78, 5) is 39.8. The molecule has 0 spiro atoms. The predicted octanol–water partition coefficient (Wildman–Crippen LogP) is 4.87. The van der Waals surface area contributed by atoms with Crippen LogP contribution in [-0.4, -0.2) is 57.8 Å². The molecule has 2 heterocycles. The van der Waals surface area contributed by atoms with Crippen LogP contribution in [0.1, 0.15) is 33.6 Å². The van der Waals surface area contributed by atoms with Gasteiger partial charge in [-0.25, -0.2) is 8.78 Å². The topological polar surface area (TPSA) is 104 Å². The SMILES string of the molecule is O=C(c1ccc(O)c([N+](=O)[O-])c1)N1C[C@H]2CCN(C(=O)c3ccc(-c4ccc(F)cc4)cc3F)CC[C@H]2C1.